The second-order valence-electron chi connectivity index (χ2n) is 8.51. The van der Waals surface area contributed by atoms with Gasteiger partial charge in [-0.25, -0.2) is 0 Å². The largest absolute Gasteiger partial charge is 0.370 e. The summed E-state index contributed by atoms with van der Waals surface area (Å²) in [5.41, 5.74) is 1.44. The van der Waals surface area contributed by atoms with Crippen molar-refractivity contribution in [1.29, 1.82) is 0 Å². The highest BCUT2D eigenvalue weighted by atomic mass is 16.5. The first-order chi connectivity index (χ1) is 13.2. The summed E-state index contributed by atoms with van der Waals surface area (Å²) in [5, 5.41) is 3.10. The smallest absolute Gasteiger partial charge is 0.234 e. The van der Waals surface area contributed by atoms with E-state index in [-0.39, 0.29) is 17.6 Å². The zero-order valence-corrected chi connectivity index (χ0v) is 16.4. The van der Waals surface area contributed by atoms with Gasteiger partial charge in [-0.2, -0.15) is 0 Å². The molecule has 1 unspecified atom stereocenters. The second kappa shape index (κ2) is 8.72. The molecule has 148 valence electrons. The lowest BCUT2D eigenvalue weighted by Crippen LogP contribution is -2.45. The van der Waals surface area contributed by atoms with Crippen molar-refractivity contribution in [2.45, 2.75) is 56.8 Å². The van der Waals surface area contributed by atoms with Crippen LogP contribution in [0.5, 0.6) is 0 Å². The van der Waals surface area contributed by atoms with E-state index in [0.29, 0.717) is 13.1 Å². The molecule has 3 saturated heterocycles. The minimum Gasteiger partial charge on any atom is -0.370 e. The lowest BCUT2D eigenvalue weighted by atomic mass is 9.88. The van der Waals surface area contributed by atoms with E-state index in [9.17, 15) is 4.79 Å². The van der Waals surface area contributed by atoms with E-state index in [4.69, 9.17) is 4.74 Å². The van der Waals surface area contributed by atoms with Crippen LogP contribution in [0, 0.1) is 0 Å². The maximum Gasteiger partial charge on any atom is 0.234 e. The molecular formula is C22H33N3O2. The average Bonchev–Trinajstić information content (AvgIpc) is 3.33. The third-order valence-electron chi connectivity index (χ3n) is 6.45. The number of likely N-dealkylation sites (tertiary alicyclic amines) is 2. The topological polar surface area (TPSA) is 44.8 Å². The molecule has 1 aromatic carbocycles. The maximum absolute atomic E-state index is 12.1. The molecule has 3 aliphatic heterocycles. The highest BCUT2D eigenvalue weighted by Crippen LogP contribution is 2.38. The predicted molar refractivity (Wildman–Crippen MR) is 106 cm³/mol. The number of hydrogen-bond donors (Lipinski definition) is 1. The number of rotatable bonds is 6. The third-order valence-corrected chi connectivity index (χ3v) is 6.45. The predicted octanol–water partition coefficient (Wildman–Crippen LogP) is 2.41. The normalized spacial score (nSPS) is 25.9. The molecule has 4 rings (SSSR count). The number of nitrogens with one attached hydrogen (secondary N) is 1. The number of piperidine rings is 1. The molecule has 3 fully saturated rings. The quantitative estimate of drug-likeness (QED) is 0.834. The fourth-order valence-corrected chi connectivity index (χ4v) is 4.79. The Kier molecular flexibility index (Phi) is 6.11. The molecule has 3 aliphatic rings. The van der Waals surface area contributed by atoms with Crippen molar-refractivity contribution in [1.82, 2.24) is 15.1 Å². The standard InChI is InChI=1S/C22H33N3O2/c26-21(18-24-12-4-5-13-24)23-16-20-8-9-22(27-20)10-14-25(15-11-22)17-19-6-2-1-3-7-19/h1-3,6-7,20H,4-5,8-18H2,(H,23,26). The number of benzene rings is 1. The summed E-state index contributed by atoms with van der Waals surface area (Å²) in [6.07, 6.45) is 7.07. The van der Waals surface area contributed by atoms with E-state index in [1.807, 2.05) is 0 Å². The molecule has 0 aliphatic carbocycles. The van der Waals surface area contributed by atoms with E-state index in [0.717, 1.165) is 58.4 Å². The zero-order valence-electron chi connectivity index (χ0n) is 16.4. The molecular weight excluding hydrogens is 338 g/mol. The molecule has 27 heavy (non-hydrogen) atoms. The van der Waals surface area contributed by atoms with Crippen LogP contribution in [0.1, 0.15) is 44.1 Å². The van der Waals surface area contributed by atoms with Crippen LogP contribution < -0.4 is 5.32 Å². The Hall–Kier alpha value is -1.43. The number of ether oxygens (including phenoxy) is 1. The summed E-state index contributed by atoms with van der Waals surface area (Å²) in [6.45, 7) is 6.58. The Morgan fingerprint density at radius 2 is 1.78 bits per heavy atom. The molecule has 0 saturated carbocycles. The van der Waals surface area contributed by atoms with Crippen molar-refractivity contribution in [3.8, 4) is 0 Å². The van der Waals surface area contributed by atoms with Crippen LogP contribution in [0.2, 0.25) is 0 Å². The van der Waals surface area contributed by atoms with Crippen molar-refractivity contribution < 1.29 is 9.53 Å². The summed E-state index contributed by atoms with van der Waals surface area (Å²) in [4.78, 5) is 16.9. The van der Waals surface area contributed by atoms with Crippen LogP contribution in [0.3, 0.4) is 0 Å². The zero-order chi connectivity index (χ0) is 18.5. The average molecular weight is 372 g/mol. The summed E-state index contributed by atoms with van der Waals surface area (Å²) >= 11 is 0. The molecule has 5 heteroatoms. The molecule has 1 amide bonds. The Balaban J connectivity index is 1.17. The van der Waals surface area contributed by atoms with Gasteiger partial charge in [-0.05, 0) is 57.2 Å². The van der Waals surface area contributed by atoms with E-state index in [1.165, 1.54) is 18.4 Å². The van der Waals surface area contributed by atoms with Gasteiger partial charge < -0.3 is 10.1 Å². The SMILES string of the molecule is O=C(CN1CCCC1)NCC1CCC2(CCN(Cc3ccccc3)CC2)O1. The molecule has 0 bridgehead atoms. The second-order valence-corrected chi connectivity index (χ2v) is 8.51. The molecule has 1 aromatic rings. The highest BCUT2D eigenvalue weighted by molar-refractivity contribution is 5.78. The van der Waals surface area contributed by atoms with E-state index >= 15 is 0 Å². The fourth-order valence-electron chi connectivity index (χ4n) is 4.79. The molecule has 1 atom stereocenters. The fraction of sp³-hybridized carbons (Fsp3) is 0.682. The molecule has 1 N–H and O–H groups in total. The van der Waals surface area contributed by atoms with Crippen molar-refractivity contribution in [3.05, 3.63) is 35.9 Å². The van der Waals surface area contributed by atoms with Gasteiger partial charge in [0.2, 0.25) is 5.91 Å². The Bertz CT molecular complexity index is 607. The van der Waals surface area contributed by atoms with Crippen LogP contribution in [-0.4, -0.2) is 66.7 Å². The molecule has 3 heterocycles. The summed E-state index contributed by atoms with van der Waals surface area (Å²) in [5.74, 6) is 0.152. The van der Waals surface area contributed by atoms with Gasteiger partial charge in [0.25, 0.3) is 0 Å². The molecule has 1 spiro atoms. The van der Waals surface area contributed by atoms with Gasteiger partial charge >= 0.3 is 0 Å². The highest BCUT2D eigenvalue weighted by Gasteiger charge is 2.42. The van der Waals surface area contributed by atoms with E-state index in [2.05, 4.69) is 45.4 Å². The summed E-state index contributed by atoms with van der Waals surface area (Å²) in [7, 11) is 0. The van der Waals surface area contributed by atoms with Crippen LogP contribution in [0.25, 0.3) is 0 Å². The van der Waals surface area contributed by atoms with Crippen molar-refractivity contribution in [2.24, 2.45) is 0 Å². The van der Waals surface area contributed by atoms with Gasteiger partial charge in [-0.1, -0.05) is 30.3 Å². The monoisotopic (exact) mass is 371 g/mol. The maximum atomic E-state index is 12.1. The van der Waals surface area contributed by atoms with Gasteiger partial charge in [0.05, 0.1) is 18.2 Å². The lowest BCUT2D eigenvalue weighted by molar-refractivity contribution is -0.123. The minimum absolute atomic E-state index is 0.0531. The van der Waals surface area contributed by atoms with Crippen molar-refractivity contribution in [3.63, 3.8) is 0 Å². The molecule has 0 aromatic heterocycles. The number of carbonyl (C=O) groups excluding carboxylic acids is 1. The van der Waals surface area contributed by atoms with Crippen molar-refractivity contribution in [2.75, 3.05) is 39.3 Å². The van der Waals surface area contributed by atoms with Gasteiger partial charge in [-0.3, -0.25) is 14.6 Å². The first-order valence-electron chi connectivity index (χ1n) is 10.6. The van der Waals surface area contributed by atoms with Gasteiger partial charge in [0.15, 0.2) is 0 Å². The number of carbonyl (C=O) groups is 1. The van der Waals surface area contributed by atoms with Crippen LogP contribution in [0.4, 0.5) is 0 Å². The van der Waals surface area contributed by atoms with Crippen molar-refractivity contribution >= 4 is 5.91 Å². The summed E-state index contributed by atoms with van der Waals surface area (Å²) in [6, 6.07) is 10.7. The van der Waals surface area contributed by atoms with Crippen LogP contribution >= 0.6 is 0 Å². The molecule has 5 nitrogen and oxygen atoms in total. The minimum atomic E-state index is 0.0531. The lowest BCUT2D eigenvalue weighted by Gasteiger charge is -2.39. The first kappa shape index (κ1) is 18.9. The number of nitrogens with zero attached hydrogens (tertiary/aromatic N) is 2. The Morgan fingerprint density at radius 1 is 1.04 bits per heavy atom. The first-order valence-corrected chi connectivity index (χ1v) is 10.6. The Morgan fingerprint density at radius 3 is 2.52 bits per heavy atom. The van der Waals surface area contributed by atoms with E-state index < -0.39 is 0 Å². The van der Waals surface area contributed by atoms with Gasteiger partial charge in [0.1, 0.15) is 0 Å². The molecule has 0 radical (unpaired) electrons. The summed E-state index contributed by atoms with van der Waals surface area (Å²) < 4.78 is 6.45. The van der Waals surface area contributed by atoms with Crippen LogP contribution in [0.15, 0.2) is 30.3 Å². The third kappa shape index (κ3) is 5.09. The number of amides is 1. The Labute approximate surface area is 163 Å². The van der Waals surface area contributed by atoms with E-state index in [1.54, 1.807) is 0 Å². The number of hydrogen-bond acceptors (Lipinski definition) is 4. The van der Waals surface area contributed by atoms with Crippen LogP contribution in [-0.2, 0) is 16.1 Å². The van der Waals surface area contributed by atoms with Gasteiger partial charge in [-0.15, -0.1) is 0 Å². The van der Waals surface area contributed by atoms with Gasteiger partial charge in [0, 0.05) is 26.2 Å².